The number of anilines is 1. The second kappa shape index (κ2) is 10.6. The summed E-state index contributed by atoms with van der Waals surface area (Å²) >= 11 is 0. The van der Waals surface area contributed by atoms with Crippen LogP contribution < -0.4 is 10.0 Å². The summed E-state index contributed by atoms with van der Waals surface area (Å²) in [6.07, 6.45) is 11.4. The van der Waals surface area contributed by atoms with E-state index in [0.29, 0.717) is 6.04 Å². The Morgan fingerprint density at radius 3 is 2.61 bits per heavy atom. The van der Waals surface area contributed by atoms with Crippen LogP contribution in [0.1, 0.15) is 48.0 Å². The van der Waals surface area contributed by atoms with Gasteiger partial charge >= 0.3 is 0 Å². The van der Waals surface area contributed by atoms with Gasteiger partial charge in [-0.1, -0.05) is 49.4 Å². The van der Waals surface area contributed by atoms with Crippen LogP contribution in [0.15, 0.2) is 53.4 Å². The Kier molecular flexibility index (Phi) is 7.85. The first kappa shape index (κ1) is 23.0. The average Bonchev–Trinajstić information content (AvgIpc) is 2.79. The normalized spacial score (nSPS) is 14.9. The van der Waals surface area contributed by atoms with Crippen LogP contribution in [0, 0.1) is 12.3 Å². The minimum Gasteiger partial charge on any atom is -0.322 e. The van der Waals surface area contributed by atoms with E-state index in [1.165, 1.54) is 44.2 Å². The number of carbonyl (C=O) groups is 1. The van der Waals surface area contributed by atoms with Gasteiger partial charge in [0.15, 0.2) is 0 Å². The van der Waals surface area contributed by atoms with Gasteiger partial charge in [-0.25, -0.2) is 8.42 Å². The number of rotatable bonds is 8. The highest BCUT2D eigenvalue weighted by Gasteiger charge is 2.20. The van der Waals surface area contributed by atoms with Gasteiger partial charge in [0.2, 0.25) is 10.0 Å². The highest BCUT2D eigenvalue weighted by molar-refractivity contribution is 7.89. The van der Waals surface area contributed by atoms with E-state index < -0.39 is 10.0 Å². The minimum atomic E-state index is -3.77. The Morgan fingerprint density at radius 2 is 1.87 bits per heavy atom. The molecule has 6 nitrogen and oxygen atoms in total. The largest absolute Gasteiger partial charge is 0.322 e. The van der Waals surface area contributed by atoms with Gasteiger partial charge in [0.1, 0.15) is 0 Å². The lowest BCUT2D eigenvalue weighted by atomic mass is 9.94. The van der Waals surface area contributed by atoms with Crippen LogP contribution in [0.4, 0.5) is 5.69 Å². The fourth-order valence-electron chi connectivity index (χ4n) is 3.92. The number of carbonyl (C=O) groups excluding carboxylic acids is 1. The Balaban J connectivity index is 1.74. The van der Waals surface area contributed by atoms with Gasteiger partial charge in [0, 0.05) is 23.8 Å². The highest BCUT2D eigenvalue weighted by Crippen LogP contribution is 2.25. The summed E-state index contributed by atoms with van der Waals surface area (Å²) in [4.78, 5) is 15.2. The van der Waals surface area contributed by atoms with E-state index in [-0.39, 0.29) is 22.9 Å². The lowest BCUT2D eigenvalue weighted by Gasteiger charge is -2.31. The van der Waals surface area contributed by atoms with Crippen molar-refractivity contribution in [2.24, 2.45) is 0 Å². The molecule has 0 aromatic heterocycles. The fraction of sp³-hybridized carbons (Fsp3) is 0.375. The molecule has 0 aliphatic heterocycles. The van der Waals surface area contributed by atoms with Gasteiger partial charge in [-0.3, -0.25) is 9.69 Å². The van der Waals surface area contributed by atoms with Crippen molar-refractivity contribution in [2.45, 2.75) is 49.6 Å². The first-order chi connectivity index (χ1) is 14.9. The van der Waals surface area contributed by atoms with Gasteiger partial charge in [-0.2, -0.15) is 4.72 Å². The first-order valence-electron chi connectivity index (χ1n) is 10.5. The van der Waals surface area contributed by atoms with Crippen LogP contribution >= 0.6 is 0 Å². The second-order valence-corrected chi connectivity index (χ2v) is 9.64. The summed E-state index contributed by atoms with van der Waals surface area (Å²) in [5, 5.41) is 2.94. The molecule has 0 heterocycles. The third-order valence-electron chi connectivity index (χ3n) is 5.65. The molecule has 0 radical (unpaired) electrons. The lowest BCUT2D eigenvalue weighted by Crippen LogP contribution is -2.33. The van der Waals surface area contributed by atoms with Gasteiger partial charge in [-0.15, -0.1) is 6.42 Å². The van der Waals surface area contributed by atoms with E-state index in [4.69, 9.17) is 6.42 Å². The van der Waals surface area contributed by atoms with Gasteiger partial charge in [0.25, 0.3) is 5.91 Å². The molecule has 2 N–H and O–H groups in total. The third-order valence-corrected chi connectivity index (χ3v) is 7.05. The molecule has 0 unspecified atom stereocenters. The van der Waals surface area contributed by atoms with Crippen molar-refractivity contribution >= 4 is 21.6 Å². The molecular formula is C24H29N3O3S. The molecule has 1 aliphatic carbocycles. The van der Waals surface area contributed by atoms with Crippen LogP contribution in [-0.2, 0) is 16.6 Å². The molecule has 1 fully saturated rings. The molecule has 1 amide bonds. The van der Waals surface area contributed by atoms with E-state index in [2.05, 4.69) is 27.9 Å². The summed E-state index contributed by atoms with van der Waals surface area (Å²) in [7, 11) is -1.64. The quantitative estimate of drug-likeness (QED) is 0.616. The number of para-hydroxylation sites is 1. The molecule has 164 valence electrons. The smallest absolute Gasteiger partial charge is 0.255 e. The van der Waals surface area contributed by atoms with Gasteiger partial charge in [-0.05, 0) is 49.7 Å². The summed E-state index contributed by atoms with van der Waals surface area (Å²) in [5.41, 5.74) is 2.02. The molecule has 3 rings (SSSR count). The maximum absolute atomic E-state index is 12.9. The van der Waals surface area contributed by atoms with Crippen LogP contribution in [0.5, 0.6) is 0 Å². The van der Waals surface area contributed by atoms with Crippen molar-refractivity contribution in [2.75, 3.05) is 18.9 Å². The van der Waals surface area contributed by atoms with Crippen molar-refractivity contribution in [3.8, 4) is 12.3 Å². The van der Waals surface area contributed by atoms with Crippen molar-refractivity contribution in [1.82, 2.24) is 9.62 Å². The number of benzene rings is 2. The molecule has 2 aromatic carbocycles. The summed E-state index contributed by atoms with van der Waals surface area (Å²) in [6, 6.07) is 14.2. The molecule has 1 saturated carbocycles. The molecule has 31 heavy (non-hydrogen) atoms. The van der Waals surface area contributed by atoms with Crippen LogP contribution in [0.2, 0.25) is 0 Å². The Labute approximate surface area is 185 Å². The number of terminal acetylenes is 1. The number of nitrogens with one attached hydrogen (secondary N) is 2. The van der Waals surface area contributed by atoms with E-state index in [1.807, 2.05) is 24.3 Å². The predicted molar refractivity (Wildman–Crippen MR) is 123 cm³/mol. The van der Waals surface area contributed by atoms with E-state index >= 15 is 0 Å². The summed E-state index contributed by atoms with van der Waals surface area (Å²) < 4.78 is 26.9. The fourth-order valence-corrected chi connectivity index (χ4v) is 4.90. The molecule has 0 saturated heterocycles. The second-order valence-electron chi connectivity index (χ2n) is 7.87. The van der Waals surface area contributed by atoms with E-state index in [0.717, 1.165) is 17.8 Å². The Hall–Kier alpha value is -2.66. The zero-order chi connectivity index (χ0) is 22.3. The molecule has 7 heteroatoms. The molecule has 1 aliphatic rings. The van der Waals surface area contributed by atoms with Crippen molar-refractivity contribution in [3.05, 3.63) is 59.7 Å². The molecular weight excluding hydrogens is 410 g/mol. The maximum atomic E-state index is 12.9. The number of amides is 1. The van der Waals surface area contributed by atoms with Crippen molar-refractivity contribution in [1.29, 1.82) is 0 Å². The SMILES string of the molecule is C#CCNS(=O)(=O)c1cccc(C(=O)Nc2ccccc2CN(C)C2CCCCC2)c1. The predicted octanol–water partition coefficient (Wildman–Crippen LogP) is 3.61. The minimum absolute atomic E-state index is 0.000664. The van der Waals surface area contributed by atoms with Gasteiger partial charge in [0.05, 0.1) is 11.4 Å². The molecule has 0 atom stereocenters. The lowest BCUT2D eigenvalue weighted by molar-refractivity contribution is 0.102. The van der Waals surface area contributed by atoms with Crippen LogP contribution in [0.25, 0.3) is 0 Å². The van der Waals surface area contributed by atoms with Crippen LogP contribution in [0.3, 0.4) is 0 Å². The standard InChI is InChI=1S/C24H29N3O3S/c1-3-16-25-31(29,30)22-14-9-11-19(17-22)24(28)26-23-15-8-7-10-20(23)18-27(2)21-12-5-4-6-13-21/h1,7-11,14-15,17,21,25H,4-6,12-13,16,18H2,2H3,(H,26,28). The Morgan fingerprint density at radius 1 is 1.13 bits per heavy atom. The molecule has 2 aromatic rings. The molecule has 0 spiro atoms. The Bertz CT molecular complexity index is 1050. The van der Waals surface area contributed by atoms with Crippen LogP contribution in [-0.4, -0.2) is 38.9 Å². The monoisotopic (exact) mass is 439 g/mol. The maximum Gasteiger partial charge on any atom is 0.255 e. The summed E-state index contributed by atoms with van der Waals surface area (Å²) in [5.74, 6) is 1.88. The summed E-state index contributed by atoms with van der Waals surface area (Å²) in [6.45, 7) is 0.631. The number of hydrogen-bond donors (Lipinski definition) is 2. The first-order valence-corrected chi connectivity index (χ1v) is 12.0. The number of hydrogen-bond acceptors (Lipinski definition) is 4. The number of nitrogens with zero attached hydrogens (tertiary/aromatic N) is 1. The van der Waals surface area contributed by atoms with E-state index in [9.17, 15) is 13.2 Å². The average molecular weight is 440 g/mol. The topological polar surface area (TPSA) is 78.5 Å². The van der Waals surface area contributed by atoms with E-state index in [1.54, 1.807) is 12.1 Å². The van der Waals surface area contributed by atoms with Crippen molar-refractivity contribution < 1.29 is 13.2 Å². The highest BCUT2D eigenvalue weighted by atomic mass is 32.2. The molecule has 0 bridgehead atoms. The zero-order valence-corrected chi connectivity index (χ0v) is 18.6. The number of sulfonamides is 1. The zero-order valence-electron chi connectivity index (χ0n) is 17.8. The van der Waals surface area contributed by atoms with Crippen molar-refractivity contribution in [3.63, 3.8) is 0 Å². The third kappa shape index (κ3) is 6.17. The van der Waals surface area contributed by atoms with Gasteiger partial charge < -0.3 is 5.32 Å².